The molecule has 0 spiro atoms. The molecule has 106 valence electrons. The molecule has 0 unspecified atom stereocenters. The minimum atomic E-state index is -0.143. The lowest BCUT2D eigenvalue weighted by Crippen LogP contribution is -2.38. The quantitative estimate of drug-likeness (QED) is 0.481. The van der Waals surface area contributed by atoms with Crippen LogP contribution in [0.3, 0.4) is 0 Å². The molecule has 1 saturated carbocycles. The van der Waals surface area contributed by atoms with Gasteiger partial charge in [0, 0.05) is 27.7 Å². The van der Waals surface area contributed by atoms with Crippen molar-refractivity contribution in [3.63, 3.8) is 0 Å². The number of rotatable bonds is 5. The highest BCUT2D eigenvalue weighted by molar-refractivity contribution is 5.43. The molecule has 0 bridgehead atoms. The van der Waals surface area contributed by atoms with Gasteiger partial charge in [-0.2, -0.15) is 15.0 Å². The number of hydrazine groups is 1. The van der Waals surface area contributed by atoms with Gasteiger partial charge in [-0.15, -0.1) is 0 Å². The van der Waals surface area contributed by atoms with Gasteiger partial charge < -0.3 is 14.9 Å². The van der Waals surface area contributed by atoms with E-state index in [1.54, 1.807) is 4.90 Å². The van der Waals surface area contributed by atoms with Crippen molar-refractivity contribution in [3.05, 3.63) is 0 Å². The van der Waals surface area contributed by atoms with Gasteiger partial charge in [-0.1, -0.05) is 0 Å². The summed E-state index contributed by atoms with van der Waals surface area (Å²) in [6.45, 7) is 0.817. The number of aromatic nitrogens is 3. The lowest BCUT2D eigenvalue weighted by atomic mass is 9.82. The molecule has 1 aromatic heterocycles. The average molecular weight is 267 g/mol. The Hall–Kier alpha value is -1.67. The van der Waals surface area contributed by atoms with Crippen molar-refractivity contribution in [1.29, 1.82) is 0 Å². The number of nitrogens with zero attached hydrogens (tertiary/aromatic N) is 5. The fourth-order valence-electron chi connectivity index (χ4n) is 2.11. The fourth-order valence-corrected chi connectivity index (χ4v) is 2.11. The summed E-state index contributed by atoms with van der Waals surface area (Å²) in [5.74, 6) is 7.34. The Morgan fingerprint density at radius 3 is 2.37 bits per heavy atom. The molecule has 2 rings (SSSR count). The van der Waals surface area contributed by atoms with Gasteiger partial charge in [0.15, 0.2) is 0 Å². The number of anilines is 3. The minimum Gasteiger partial charge on any atom is -0.393 e. The van der Waals surface area contributed by atoms with Crippen LogP contribution in [0.15, 0.2) is 0 Å². The van der Waals surface area contributed by atoms with Gasteiger partial charge in [0.05, 0.1) is 6.10 Å². The molecule has 1 aromatic rings. The third kappa shape index (κ3) is 3.21. The standard InChI is InChI=1S/C11H21N7O/c1-17(2)10-13-9(16-12)14-11(15-10)18(3)6-7-4-8(19)5-7/h7-8,19H,4-6,12H2,1-3H3,(H,13,14,15,16). The molecule has 0 aromatic carbocycles. The first-order chi connectivity index (χ1) is 8.99. The van der Waals surface area contributed by atoms with Crippen LogP contribution in [0.4, 0.5) is 17.8 Å². The molecule has 4 N–H and O–H groups in total. The molecule has 19 heavy (non-hydrogen) atoms. The molecular weight excluding hydrogens is 246 g/mol. The summed E-state index contributed by atoms with van der Waals surface area (Å²) in [4.78, 5) is 16.5. The summed E-state index contributed by atoms with van der Waals surface area (Å²) in [5, 5.41) is 9.31. The highest BCUT2D eigenvalue weighted by atomic mass is 16.3. The predicted octanol–water partition coefficient (Wildman–Crippen LogP) is -0.570. The van der Waals surface area contributed by atoms with E-state index >= 15 is 0 Å². The van der Waals surface area contributed by atoms with E-state index in [1.165, 1.54) is 0 Å². The lowest BCUT2D eigenvalue weighted by molar-refractivity contribution is 0.0463. The van der Waals surface area contributed by atoms with Gasteiger partial charge in [0.2, 0.25) is 17.8 Å². The first kappa shape index (κ1) is 13.8. The second-order valence-electron chi connectivity index (χ2n) is 5.17. The maximum Gasteiger partial charge on any atom is 0.243 e. The van der Waals surface area contributed by atoms with Crippen molar-refractivity contribution in [2.45, 2.75) is 18.9 Å². The van der Waals surface area contributed by atoms with Gasteiger partial charge in [0.25, 0.3) is 0 Å². The van der Waals surface area contributed by atoms with Crippen LogP contribution >= 0.6 is 0 Å². The molecule has 1 fully saturated rings. The topological polar surface area (TPSA) is 103 Å². The fraction of sp³-hybridized carbons (Fsp3) is 0.727. The van der Waals surface area contributed by atoms with Crippen LogP contribution in [0, 0.1) is 5.92 Å². The second kappa shape index (κ2) is 5.54. The number of aliphatic hydroxyl groups is 1. The molecule has 8 heteroatoms. The summed E-state index contributed by atoms with van der Waals surface area (Å²) in [7, 11) is 5.66. The monoisotopic (exact) mass is 267 g/mol. The first-order valence-corrected chi connectivity index (χ1v) is 6.28. The van der Waals surface area contributed by atoms with Crippen molar-refractivity contribution in [2.24, 2.45) is 11.8 Å². The van der Waals surface area contributed by atoms with Crippen LogP contribution in [0.25, 0.3) is 0 Å². The molecule has 0 amide bonds. The molecule has 0 saturated heterocycles. The second-order valence-corrected chi connectivity index (χ2v) is 5.17. The summed E-state index contributed by atoms with van der Waals surface area (Å²) in [6.07, 6.45) is 1.55. The molecule has 1 aliphatic carbocycles. The van der Waals surface area contributed by atoms with Gasteiger partial charge in [-0.05, 0) is 18.8 Å². The van der Waals surface area contributed by atoms with Crippen molar-refractivity contribution in [1.82, 2.24) is 15.0 Å². The van der Waals surface area contributed by atoms with Crippen molar-refractivity contribution in [3.8, 4) is 0 Å². The summed E-state index contributed by atoms with van der Waals surface area (Å²) in [5.41, 5.74) is 2.45. The van der Waals surface area contributed by atoms with E-state index in [1.807, 2.05) is 26.0 Å². The minimum absolute atomic E-state index is 0.143. The lowest BCUT2D eigenvalue weighted by Gasteiger charge is -2.34. The Labute approximate surface area is 112 Å². The predicted molar refractivity (Wildman–Crippen MR) is 74.0 cm³/mol. The van der Waals surface area contributed by atoms with E-state index in [-0.39, 0.29) is 6.10 Å². The Bertz CT molecular complexity index is 433. The number of aliphatic hydroxyl groups excluding tert-OH is 1. The zero-order chi connectivity index (χ0) is 14.0. The molecule has 0 aliphatic heterocycles. The number of hydrogen-bond acceptors (Lipinski definition) is 8. The largest absolute Gasteiger partial charge is 0.393 e. The van der Waals surface area contributed by atoms with Gasteiger partial charge in [-0.3, -0.25) is 5.43 Å². The summed E-state index contributed by atoms with van der Waals surface area (Å²) < 4.78 is 0. The van der Waals surface area contributed by atoms with E-state index in [9.17, 15) is 5.11 Å². The van der Waals surface area contributed by atoms with E-state index in [0.717, 1.165) is 19.4 Å². The smallest absolute Gasteiger partial charge is 0.243 e. The number of nitrogens with two attached hydrogens (primary N) is 1. The van der Waals surface area contributed by atoms with Crippen LogP contribution in [0.5, 0.6) is 0 Å². The normalized spacial score (nSPS) is 21.7. The zero-order valence-electron chi connectivity index (χ0n) is 11.5. The van der Waals surface area contributed by atoms with Crippen LogP contribution < -0.4 is 21.1 Å². The number of nitrogens with one attached hydrogen (secondary N) is 1. The van der Waals surface area contributed by atoms with Gasteiger partial charge in [0.1, 0.15) is 0 Å². The Kier molecular flexibility index (Phi) is 4.01. The maximum atomic E-state index is 9.31. The molecule has 0 radical (unpaired) electrons. The SMILES string of the molecule is CN(C)c1nc(NN)nc(N(C)CC2CC(O)C2)n1. The molecular formula is C11H21N7O. The van der Waals surface area contributed by atoms with E-state index in [0.29, 0.717) is 23.8 Å². The van der Waals surface area contributed by atoms with E-state index in [4.69, 9.17) is 5.84 Å². The van der Waals surface area contributed by atoms with Crippen LogP contribution in [0.1, 0.15) is 12.8 Å². The van der Waals surface area contributed by atoms with Gasteiger partial charge in [-0.25, -0.2) is 5.84 Å². The van der Waals surface area contributed by atoms with Crippen LogP contribution in [0.2, 0.25) is 0 Å². The van der Waals surface area contributed by atoms with Gasteiger partial charge >= 0.3 is 0 Å². The molecule has 8 nitrogen and oxygen atoms in total. The third-order valence-corrected chi connectivity index (χ3v) is 3.23. The van der Waals surface area contributed by atoms with Crippen LogP contribution in [-0.2, 0) is 0 Å². The molecule has 1 heterocycles. The molecule has 1 aliphatic rings. The van der Waals surface area contributed by atoms with E-state index in [2.05, 4.69) is 20.4 Å². The third-order valence-electron chi connectivity index (χ3n) is 3.23. The Balaban J connectivity index is 2.11. The zero-order valence-corrected chi connectivity index (χ0v) is 11.5. The summed E-state index contributed by atoms with van der Waals surface area (Å²) in [6, 6.07) is 0. The highest BCUT2D eigenvalue weighted by Crippen LogP contribution is 2.28. The maximum absolute atomic E-state index is 9.31. The number of hydrogen-bond donors (Lipinski definition) is 3. The Morgan fingerprint density at radius 2 is 1.84 bits per heavy atom. The van der Waals surface area contributed by atoms with Crippen molar-refractivity contribution < 1.29 is 5.11 Å². The first-order valence-electron chi connectivity index (χ1n) is 6.28. The number of nitrogen functional groups attached to an aromatic ring is 1. The highest BCUT2D eigenvalue weighted by Gasteiger charge is 2.28. The van der Waals surface area contributed by atoms with Crippen molar-refractivity contribution in [2.75, 3.05) is 42.9 Å². The summed E-state index contributed by atoms with van der Waals surface area (Å²) >= 11 is 0. The van der Waals surface area contributed by atoms with E-state index < -0.39 is 0 Å². The van der Waals surface area contributed by atoms with Crippen molar-refractivity contribution >= 4 is 17.8 Å². The molecule has 0 atom stereocenters. The van der Waals surface area contributed by atoms with Crippen LogP contribution in [-0.4, -0.2) is 53.9 Å². The average Bonchev–Trinajstić information content (AvgIpc) is 2.36. The Morgan fingerprint density at radius 1 is 1.21 bits per heavy atom.